The van der Waals surface area contributed by atoms with Crippen LogP contribution in [0.2, 0.25) is 0 Å². The number of aliphatic hydroxyl groups excluding tert-OH is 1. The van der Waals surface area contributed by atoms with Crippen molar-refractivity contribution in [2.75, 3.05) is 6.61 Å². The Kier molecular flexibility index (Phi) is 2.87. The van der Waals surface area contributed by atoms with E-state index in [1.165, 1.54) is 6.92 Å². The molecule has 0 aromatic heterocycles. The molecule has 0 aliphatic heterocycles. The Balaban J connectivity index is 2.34. The second-order valence-corrected chi connectivity index (χ2v) is 3.17. The standard InChI is InChI=1S/C9H14O3/c1-6-8(3-4-9(6)11)5-12-7(2)10/h8-9,11H,1,3-5H2,2H3/t8-,9+/m0/s1. The van der Waals surface area contributed by atoms with E-state index in [1.807, 2.05) is 0 Å². The zero-order valence-electron chi connectivity index (χ0n) is 7.25. The van der Waals surface area contributed by atoms with Crippen LogP contribution in [0.1, 0.15) is 19.8 Å². The molecular weight excluding hydrogens is 156 g/mol. The largest absolute Gasteiger partial charge is 0.465 e. The van der Waals surface area contributed by atoms with E-state index in [9.17, 15) is 9.90 Å². The molecule has 1 N–H and O–H groups in total. The lowest BCUT2D eigenvalue weighted by molar-refractivity contribution is -0.141. The first kappa shape index (κ1) is 9.26. The number of carbonyl (C=O) groups is 1. The zero-order chi connectivity index (χ0) is 9.14. The molecule has 2 atom stereocenters. The van der Waals surface area contributed by atoms with Gasteiger partial charge >= 0.3 is 5.97 Å². The van der Waals surface area contributed by atoms with Gasteiger partial charge in [0.2, 0.25) is 0 Å². The predicted octanol–water partition coefficient (Wildman–Crippen LogP) is 0.877. The van der Waals surface area contributed by atoms with Crippen molar-refractivity contribution in [2.45, 2.75) is 25.9 Å². The smallest absolute Gasteiger partial charge is 0.302 e. The third-order valence-electron chi connectivity index (χ3n) is 2.23. The summed E-state index contributed by atoms with van der Waals surface area (Å²) in [7, 11) is 0. The Morgan fingerprint density at radius 3 is 2.83 bits per heavy atom. The molecule has 0 bridgehead atoms. The number of esters is 1. The van der Waals surface area contributed by atoms with Crippen molar-refractivity contribution in [1.82, 2.24) is 0 Å². The van der Waals surface area contributed by atoms with Crippen LogP contribution >= 0.6 is 0 Å². The molecule has 1 aliphatic carbocycles. The first-order valence-corrected chi connectivity index (χ1v) is 4.11. The van der Waals surface area contributed by atoms with Crippen LogP contribution in [-0.2, 0) is 9.53 Å². The summed E-state index contributed by atoms with van der Waals surface area (Å²) in [5.41, 5.74) is 0.802. The molecule has 0 aromatic rings. The molecule has 0 aromatic carbocycles. The molecular formula is C9H14O3. The summed E-state index contributed by atoms with van der Waals surface area (Å²) < 4.78 is 4.83. The van der Waals surface area contributed by atoms with E-state index >= 15 is 0 Å². The number of rotatable bonds is 2. The van der Waals surface area contributed by atoms with Crippen molar-refractivity contribution in [3.05, 3.63) is 12.2 Å². The van der Waals surface area contributed by atoms with E-state index < -0.39 is 6.10 Å². The molecule has 68 valence electrons. The first-order valence-electron chi connectivity index (χ1n) is 4.11. The molecule has 0 saturated heterocycles. The maximum Gasteiger partial charge on any atom is 0.302 e. The summed E-state index contributed by atoms with van der Waals surface area (Å²) in [5, 5.41) is 9.29. The average molecular weight is 170 g/mol. The van der Waals surface area contributed by atoms with Gasteiger partial charge in [0.1, 0.15) is 0 Å². The fourth-order valence-corrected chi connectivity index (χ4v) is 1.41. The van der Waals surface area contributed by atoms with Gasteiger partial charge in [0.05, 0.1) is 12.7 Å². The van der Waals surface area contributed by atoms with Crippen molar-refractivity contribution >= 4 is 5.97 Å². The highest BCUT2D eigenvalue weighted by Gasteiger charge is 2.27. The number of hydrogen-bond acceptors (Lipinski definition) is 3. The minimum atomic E-state index is -0.398. The van der Waals surface area contributed by atoms with Gasteiger partial charge < -0.3 is 9.84 Å². The van der Waals surface area contributed by atoms with Crippen LogP contribution in [0.25, 0.3) is 0 Å². The normalized spacial score (nSPS) is 29.0. The molecule has 3 nitrogen and oxygen atoms in total. The first-order chi connectivity index (χ1) is 5.61. The van der Waals surface area contributed by atoms with Gasteiger partial charge in [-0.25, -0.2) is 0 Å². The van der Waals surface area contributed by atoms with Crippen molar-refractivity contribution in [3.63, 3.8) is 0 Å². The molecule has 0 spiro atoms. The van der Waals surface area contributed by atoms with Crippen LogP contribution in [-0.4, -0.2) is 23.8 Å². The monoisotopic (exact) mass is 170 g/mol. The topological polar surface area (TPSA) is 46.5 Å². The third kappa shape index (κ3) is 2.08. The number of aliphatic hydroxyl groups is 1. The second kappa shape index (κ2) is 3.72. The third-order valence-corrected chi connectivity index (χ3v) is 2.23. The minimum absolute atomic E-state index is 0.156. The Labute approximate surface area is 72.0 Å². The van der Waals surface area contributed by atoms with Crippen molar-refractivity contribution < 1.29 is 14.6 Å². The Morgan fingerprint density at radius 2 is 2.42 bits per heavy atom. The van der Waals surface area contributed by atoms with Gasteiger partial charge in [-0.2, -0.15) is 0 Å². The van der Waals surface area contributed by atoms with Gasteiger partial charge in [-0.3, -0.25) is 4.79 Å². The summed E-state index contributed by atoms with van der Waals surface area (Å²) in [5.74, 6) is -0.118. The fraction of sp³-hybridized carbons (Fsp3) is 0.667. The summed E-state index contributed by atoms with van der Waals surface area (Å²) in [6.07, 6.45) is 1.21. The molecule has 12 heavy (non-hydrogen) atoms. The maximum absolute atomic E-state index is 10.5. The van der Waals surface area contributed by atoms with Gasteiger partial charge in [-0.05, 0) is 18.4 Å². The summed E-state index contributed by atoms with van der Waals surface area (Å²) in [6, 6.07) is 0. The predicted molar refractivity (Wildman–Crippen MR) is 44.5 cm³/mol. The minimum Gasteiger partial charge on any atom is -0.465 e. The van der Waals surface area contributed by atoms with E-state index in [0.717, 1.165) is 18.4 Å². The summed E-state index contributed by atoms with van der Waals surface area (Å²) in [4.78, 5) is 10.5. The van der Waals surface area contributed by atoms with Crippen LogP contribution in [0.3, 0.4) is 0 Å². The van der Waals surface area contributed by atoms with Crippen molar-refractivity contribution in [3.8, 4) is 0 Å². The Bertz CT molecular complexity index is 198. The molecule has 0 amide bonds. The van der Waals surface area contributed by atoms with Gasteiger partial charge in [0.25, 0.3) is 0 Å². The van der Waals surface area contributed by atoms with Crippen LogP contribution in [0.4, 0.5) is 0 Å². The van der Waals surface area contributed by atoms with Crippen molar-refractivity contribution in [1.29, 1.82) is 0 Å². The summed E-state index contributed by atoms with van der Waals surface area (Å²) >= 11 is 0. The summed E-state index contributed by atoms with van der Waals surface area (Å²) in [6.45, 7) is 5.50. The molecule has 1 rings (SSSR count). The second-order valence-electron chi connectivity index (χ2n) is 3.17. The number of carbonyl (C=O) groups excluding carboxylic acids is 1. The fourth-order valence-electron chi connectivity index (χ4n) is 1.41. The van der Waals surface area contributed by atoms with Gasteiger partial charge in [0, 0.05) is 12.8 Å². The molecule has 0 unspecified atom stereocenters. The average Bonchev–Trinajstić information content (AvgIpc) is 2.30. The molecule has 1 aliphatic rings. The molecule has 3 heteroatoms. The van der Waals surface area contributed by atoms with E-state index in [0.29, 0.717) is 6.61 Å². The SMILES string of the molecule is C=C1[C@H](COC(C)=O)CC[C@H]1O. The highest BCUT2D eigenvalue weighted by Crippen LogP contribution is 2.29. The molecule has 0 heterocycles. The Hall–Kier alpha value is -0.830. The molecule has 1 fully saturated rings. The van der Waals surface area contributed by atoms with Crippen molar-refractivity contribution in [2.24, 2.45) is 5.92 Å². The highest BCUT2D eigenvalue weighted by atomic mass is 16.5. The van der Waals surface area contributed by atoms with E-state index in [-0.39, 0.29) is 11.9 Å². The lowest BCUT2D eigenvalue weighted by atomic mass is 10.1. The van der Waals surface area contributed by atoms with Crippen LogP contribution in [0, 0.1) is 5.92 Å². The lowest BCUT2D eigenvalue weighted by Crippen LogP contribution is -2.13. The lowest BCUT2D eigenvalue weighted by Gasteiger charge is -2.11. The van der Waals surface area contributed by atoms with Crippen LogP contribution in [0.15, 0.2) is 12.2 Å². The number of hydrogen-bond donors (Lipinski definition) is 1. The van der Waals surface area contributed by atoms with Gasteiger partial charge in [-0.15, -0.1) is 0 Å². The van der Waals surface area contributed by atoms with E-state index in [1.54, 1.807) is 0 Å². The molecule has 1 saturated carbocycles. The van der Waals surface area contributed by atoms with Crippen LogP contribution in [0.5, 0.6) is 0 Å². The Morgan fingerprint density at radius 1 is 1.75 bits per heavy atom. The molecule has 0 radical (unpaired) electrons. The van der Waals surface area contributed by atoms with E-state index in [4.69, 9.17) is 4.74 Å². The van der Waals surface area contributed by atoms with Gasteiger partial charge in [0.15, 0.2) is 0 Å². The quantitative estimate of drug-likeness (QED) is 0.494. The van der Waals surface area contributed by atoms with Crippen LogP contribution < -0.4 is 0 Å². The van der Waals surface area contributed by atoms with Gasteiger partial charge in [-0.1, -0.05) is 6.58 Å². The number of ether oxygens (including phenoxy) is 1. The maximum atomic E-state index is 10.5. The highest BCUT2D eigenvalue weighted by molar-refractivity contribution is 5.65. The zero-order valence-corrected chi connectivity index (χ0v) is 7.25. The van der Waals surface area contributed by atoms with E-state index in [2.05, 4.69) is 6.58 Å².